The van der Waals surface area contributed by atoms with Crippen molar-refractivity contribution in [3.8, 4) is 0 Å². The van der Waals surface area contributed by atoms with Crippen LogP contribution in [0, 0.1) is 11.8 Å². The fourth-order valence-electron chi connectivity index (χ4n) is 5.52. The number of aliphatic hydroxyl groups is 2. The maximum Gasteiger partial charge on any atom is 1.00 e. The molecule has 1 saturated carbocycles. The molecule has 1 aliphatic carbocycles. The van der Waals surface area contributed by atoms with Crippen molar-refractivity contribution >= 4 is 52.3 Å². The standard InChI is InChI=1S/C22H38O5.C14H11Cl2NO2.Na/c1-4-5-14-22(2,26)15-10-12-18-17(19(23)16-20(18)24)11-8-6-7-9-13-21(25)27-3;15-10-5-3-6-11(16)14(10)17-12-7-2-1-4-9(12)8-13(18)19;/h10,12,17-18,20,24,26H,4-9,11,13-16H2,1-3H3;1-7,17H,8H2,(H,18,19);/q;;+1/p-1/b12-10+;;/t17-,18-,20-,22?;;/m1../s1. The number of carboxylic acids is 1. The first-order valence-corrected chi connectivity index (χ1v) is 16.8. The first-order chi connectivity index (χ1) is 21.9. The van der Waals surface area contributed by atoms with Crippen LogP contribution in [0.2, 0.25) is 10.0 Å². The predicted molar refractivity (Wildman–Crippen MR) is 181 cm³/mol. The van der Waals surface area contributed by atoms with Gasteiger partial charge in [0, 0.05) is 42.8 Å². The van der Waals surface area contributed by atoms with Crippen LogP contribution in [0.15, 0.2) is 54.6 Å². The van der Waals surface area contributed by atoms with Crippen LogP contribution >= 0.6 is 23.2 Å². The number of anilines is 2. The molecule has 0 radical (unpaired) electrons. The molecule has 0 spiro atoms. The van der Waals surface area contributed by atoms with Crippen molar-refractivity contribution in [1.82, 2.24) is 0 Å². The van der Waals surface area contributed by atoms with Crippen LogP contribution in [0.4, 0.5) is 11.4 Å². The number of carbonyl (C=O) groups excluding carboxylic acids is 3. The molecule has 0 amide bonds. The normalized spacial score (nSPS) is 18.5. The summed E-state index contributed by atoms with van der Waals surface area (Å²) < 4.78 is 4.62. The third kappa shape index (κ3) is 15.9. The largest absolute Gasteiger partial charge is 1.00 e. The zero-order valence-corrected chi connectivity index (χ0v) is 31.6. The van der Waals surface area contributed by atoms with Gasteiger partial charge in [0.15, 0.2) is 0 Å². The molecule has 3 N–H and O–H groups in total. The number of esters is 1. The van der Waals surface area contributed by atoms with Gasteiger partial charge in [-0.25, -0.2) is 0 Å². The fraction of sp³-hybridized carbons (Fsp3) is 0.528. The van der Waals surface area contributed by atoms with Crippen LogP contribution < -0.4 is 40.0 Å². The van der Waals surface area contributed by atoms with E-state index >= 15 is 0 Å². The van der Waals surface area contributed by atoms with Gasteiger partial charge >= 0.3 is 35.5 Å². The molecule has 4 atom stereocenters. The summed E-state index contributed by atoms with van der Waals surface area (Å²) in [6.45, 7) is 3.95. The maximum atomic E-state index is 12.2. The van der Waals surface area contributed by atoms with Crippen LogP contribution in [-0.4, -0.2) is 46.7 Å². The molecule has 2 aromatic rings. The Hall–Kier alpha value is -1.91. The Morgan fingerprint density at radius 3 is 2.36 bits per heavy atom. The molecular weight excluding hydrogens is 652 g/mol. The number of benzene rings is 2. The smallest absolute Gasteiger partial charge is 0.550 e. The van der Waals surface area contributed by atoms with E-state index in [1.165, 1.54) is 7.11 Å². The first kappa shape index (κ1) is 43.1. The Kier molecular flexibility index (Phi) is 20.8. The minimum atomic E-state index is -1.14. The Morgan fingerprint density at radius 1 is 1.06 bits per heavy atom. The van der Waals surface area contributed by atoms with Crippen LogP contribution in [0.25, 0.3) is 0 Å². The molecule has 0 aliphatic heterocycles. The number of ether oxygens (including phenoxy) is 1. The Morgan fingerprint density at radius 2 is 1.72 bits per heavy atom. The van der Waals surface area contributed by atoms with Crippen molar-refractivity contribution in [3.05, 3.63) is 70.2 Å². The van der Waals surface area contributed by atoms with E-state index in [4.69, 9.17) is 23.2 Å². The first-order valence-electron chi connectivity index (χ1n) is 16.0. The second kappa shape index (κ2) is 22.7. The van der Waals surface area contributed by atoms with E-state index in [-0.39, 0.29) is 66.0 Å². The summed E-state index contributed by atoms with van der Waals surface area (Å²) in [5.41, 5.74) is 1.08. The van der Waals surface area contributed by atoms with E-state index in [2.05, 4.69) is 17.0 Å². The van der Waals surface area contributed by atoms with E-state index in [0.29, 0.717) is 39.8 Å². The van der Waals surface area contributed by atoms with Gasteiger partial charge in [0.25, 0.3) is 0 Å². The number of aliphatic carboxylic acids is 1. The quantitative estimate of drug-likeness (QED) is 0.0977. The molecule has 0 saturated heterocycles. The van der Waals surface area contributed by atoms with Gasteiger partial charge in [0.05, 0.1) is 34.5 Å². The molecule has 1 unspecified atom stereocenters. The average Bonchev–Trinajstić information content (AvgIpc) is 3.27. The molecule has 1 aliphatic rings. The van der Waals surface area contributed by atoms with Crippen molar-refractivity contribution < 1.29 is 64.0 Å². The van der Waals surface area contributed by atoms with E-state index in [0.717, 1.165) is 51.4 Å². The molecule has 3 rings (SSSR count). The molecule has 1 fully saturated rings. The number of carbonyl (C=O) groups is 3. The summed E-state index contributed by atoms with van der Waals surface area (Å²) >= 11 is 12.1. The van der Waals surface area contributed by atoms with Gasteiger partial charge in [-0.1, -0.05) is 98.6 Å². The fourth-order valence-corrected chi connectivity index (χ4v) is 6.02. The minimum Gasteiger partial charge on any atom is -0.550 e. The number of ketones is 1. The van der Waals surface area contributed by atoms with E-state index in [1.54, 1.807) is 42.5 Å². The van der Waals surface area contributed by atoms with Crippen molar-refractivity contribution in [1.29, 1.82) is 0 Å². The van der Waals surface area contributed by atoms with Crippen molar-refractivity contribution in [3.63, 3.8) is 0 Å². The molecule has 0 bridgehead atoms. The van der Waals surface area contributed by atoms with Gasteiger partial charge in [-0.05, 0) is 56.4 Å². The second-order valence-corrected chi connectivity index (χ2v) is 12.9. The number of para-hydroxylation sites is 2. The Labute approximate surface area is 311 Å². The number of hydrogen-bond donors (Lipinski definition) is 3. The summed E-state index contributed by atoms with van der Waals surface area (Å²) in [5.74, 6) is -1.44. The van der Waals surface area contributed by atoms with E-state index in [1.807, 2.05) is 19.1 Å². The Balaban J connectivity index is 0.000000485. The minimum absolute atomic E-state index is 0. The average molecular weight is 701 g/mol. The van der Waals surface area contributed by atoms with Crippen LogP contribution in [0.1, 0.15) is 90.0 Å². The summed E-state index contributed by atoms with van der Waals surface area (Å²) in [5, 5.41) is 35.3. The Bertz CT molecular complexity index is 1280. The SMILES string of the molecule is CCCCC(C)(O)C/C=C/[C@H]1[C@H](O)CC(=O)[C@@H]1CCCCCCC(=O)OC.O=C([O-])Cc1ccccc1Nc1c(Cl)cccc1Cl.[Na+]. The van der Waals surface area contributed by atoms with Gasteiger partial charge in [0.2, 0.25) is 0 Å². The van der Waals surface area contributed by atoms with Gasteiger partial charge in [-0.2, -0.15) is 0 Å². The molecule has 254 valence electrons. The van der Waals surface area contributed by atoms with Gasteiger partial charge in [-0.3, -0.25) is 9.59 Å². The molecule has 2 aromatic carbocycles. The third-order valence-corrected chi connectivity index (χ3v) is 8.80. The summed E-state index contributed by atoms with van der Waals surface area (Å²) in [4.78, 5) is 34.0. The second-order valence-electron chi connectivity index (χ2n) is 12.1. The summed E-state index contributed by atoms with van der Waals surface area (Å²) in [6, 6.07) is 12.2. The number of halogens is 2. The molecule has 47 heavy (non-hydrogen) atoms. The molecule has 0 aromatic heterocycles. The molecule has 11 heteroatoms. The third-order valence-electron chi connectivity index (χ3n) is 8.17. The number of unbranched alkanes of at least 4 members (excludes halogenated alkanes) is 4. The van der Waals surface area contributed by atoms with Crippen LogP contribution in [0.5, 0.6) is 0 Å². The summed E-state index contributed by atoms with van der Waals surface area (Å²) in [7, 11) is 1.40. The zero-order valence-electron chi connectivity index (χ0n) is 28.1. The van der Waals surface area contributed by atoms with E-state index < -0.39 is 17.7 Å². The van der Waals surface area contributed by atoms with Gasteiger partial charge < -0.3 is 30.2 Å². The number of Topliss-reactive ketones (excluding diaryl/α,β-unsaturated/α-hetero) is 1. The molecular formula is C36H48Cl2NNaO7. The van der Waals surface area contributed by atoms with E-state index in [9.17, 15) is 29.7 Å². The van der Waals surface area contributed by atoms with Gasteiger partial charge in [0.1, 0.15) is 5.78 Å². The van der Waals surface area contributed by atoms with Gasteiger partial charge in [-0.15, -0.1) is 0 Å². The van der Waals surface area contributed by atoms with Crippen molar-refractivity contribution in [2.24, 2.45) is 11.8 Å². The predicted octanol–water partition coefficient (Wildman–Crippen LogP) is 3.99. The number of nitrogens with one attached hydrogen (secondary N) is 1. The number of carboxylic acid groups (broad SMARTS) is 1. The van der Waals surface area contributed by atoms with Crippen molar-refractivity contribution in [2.45, 2.75) is 103 Å². The van der Waals surface area contributed by atoms with Crippen LogP contribution in [-0.2, 0) is 25.5 Å². The number of methoxy groups -OCH3 is 1. The monoisotopic (exact) mass is 699 g/mol. The van der Waals surface area contributed by atoms with Crippen molar-refractivity contribution in [2.75, 3.05) is 12.4 Å². The maximum absolute atomic E-state index is 12.2. The molecule has 0 heterocycles. The number of hydrogen-bond acceptors (Lipinski definition) is 8. The number of rotatable bonds is 17. The van der Waals surface area contributed by atoms with Crippen LogP contribution in [0.3, 0.4) is 0 Å². The zero-order chi connectivity index (χ0) is 34.1. The number of aliphatic hydroxyl groups excluding tert-OH is 1. The summed E-state index contributed by atoms with van der Waals surface area (Å²) in [6.07, 6.45) is 11.5. The molecule has 8 nitrogen and oxygen atoms in total. The topological polar surface area (TPSA) is 136 Å².